The first-order valence-electron chi connectivity index (χ1n) is 7.56. The number of anilines is 1. The number of rotatable bonds is 6. The number of hydrogen-bond donors (Lipinski definition) is 1. The summed E-state index contributed by atoms with van der Waals surface area (Å²) < 4.78 is 0. The van der Waals surface area contributed by atoms with Crippen LogP contribution in [0.5, 0.6) is 0 Å². The van der Waals surface area contributed by atoms with Crippen molar-refractivity contribution in [2.45, 2.75) is 27.3 Å². The van der Waals surface area contributed by atoms with E-state index in [-0.39, 0.29) is 5.91 Å². The van der Waals surface area contributed by atoms with Crippen molar-refractivity contribution in [3.8, 4) is 0 Å². The van der Waals surface area contributed by atoms with Gasteiger partial charge in [-0.15, -0.1) is 10.2 Å². The molecular formula is C17H22N4O. The lowest BCUT2D eigenvalue weighted by molar-refractivity contribution is 0.0766. The maximum absolute atomic E-state index is 12.1. The molecule has 0 bridgehead atoms. The summed E-state index contributed by atoms with van der Waals surface area (Å²) in [7, 11) is 0. The van der Waals surface area contributed by atoms with Crippen LogP contribution in [0, 0.1) is 6.92 Å². The van der Waals surface area contributed by atoms with Crippen LogP contribution in [0.1, 0.15) is 35.5 Å². The molecule has 1 heterocycles. The molecule has 1 amide bonds. The first-order valence-corrected chi connectivity index (χ1v) is 7.56. The van der Waals surface area contributed by atoms with Crippen LogP contribution < -0.4 is 5.32 Å². The highest BCUT2D eigenvalue weighted by Gasteiger charge is 2.14. The molecule has 0 spiro atoms. The molecule has 0 aliphatic carbocycles. The predicted octanol–water partition coefficient (Wildman–Crippen LogP) is 2.88. The highest BCUT2D eigenvalue weighted by Crippen LogP contribution is 2.08. The molecular weight excluding hydrogens is 276 g/mol. The van der Waals surface area contributed by atoms with Crippen LogP contribution in [0.4, 0.5) is 5.82 Å². The van der Waals surface area contributed by atoms with E-state index >= 15 is 0 Å². The van der Waals surface area contributed by atoms with Gasteiger partial charge in [-0.3, -0.25) is 4.79 Å². The first kappa shape index (κ1) is 15.9. The van der Waals surface area contributed by atoms with Crippen molar-refractivity contribution < 1.29 is 4.79 Å². The number of hydrogen-bond acceptors (Lipinski definition) is 4. The number of carbonyl (C=O) groups is 1. The van der Waals surface area contributed by atoms with Crippen LogP contribution in [-0.2, 0) is 6.54 Å². The van der Waals surface area contributed by atoms with Gasteiger partial charge in [0, 0.05) is 19.6 Å². The van der Waals surface area contributed by atoms with Gasteiger partial charge in [-0.1, -0.05) is 29.8 Å². The Kier molecular flexibility index (Phi) is 5.47. The summed E-state index contributed by atoms with van der Waals surface area (Å²) in [4.78, 5) is 13.9. The summed E-state index contributed by atoms with van der Waals surface area (Å²) in [5, 5.41) is 11.3. The maximum Gasteiger partial charge on any atom is 0.274 e. The molecule has 0 radical (unpaired) electrons. The Balaban J connectivity index is 1.97. The number of aryl methyl sites for hydroxylation is 1. The van der Waals surface area contributed by atoms with Crippen molar-refractivity contribution in [3.63, 3.8) is 0 Å². The van der Waals surface area contributed by atoms with Gasteiger partial charge in [0.05, 0.1) is 0 Å². The number of benzene rings is 1. The van der Waals surface area contributed by atoms with E-state index in [0.29, 0.717) is 31.1 Å². The van der Waals surface area contributed by atoms with Crippen LogP contribution in [0.3, 0.4) is 0 Å². The third-order valence-electron chi connectivity index (χ3n) is 3.53. The largest absolute Gasteiger partial charge is 0.365 e. The van der Waals surface area contributed by atoms with E-state index in [1.54, 1.807) is 17.0 Å². The molecule has 1 N–H and O–H groups in total. The normalized spacial score (nSPS) is 10.3. The molecule has 1 aromatic carbocycles. The molecule has 1 aromatic heterocycles. The van der Waals surface area contributed by atoms with E-state index < -0.39 is 0 Å². The van der Waals surface area contributed by atoms with Crippen LogP contribution in [0.15, 0.2) is 36.4 Å². The second kappa shape index (κ2) is 7.54. The molecule has 5 nitrogen and oxygen atoms in total. The van der Waals surface area contributed by atoms with Gasteiger partial charge in [0.1, 0.15) is 5.82 Å². The summed E-state index contributed by atoms with van der Waals surface area (Å²) in [6, 6.07) is 11.8. The minimum Gasteiger partial charge on any atom is -0.365 e. The zero-order valence-corrected chi connectivity index (χ0v) is 13.3. The van der Waals surface area contributed by atoms with Gasteiger partial charge < -0.3 is 10.2 Å². The van der Waals surface area contributed by atoms with E-state index in [4.69, 9.17) is 0 Å². The molecule has 2 rings (SSSR count). The van der Waals surface area contributed by atoms with Crippen molar-refractivity contribution in [2.24, 2.45) is 0 Å². The minimum absolute atomic E-state index is 0.0809. The number of aromatic nitrogens is 2. The summed E-state index contributed by atoms with van der Waals surface area (Å²) in [6.45, 7) is 7.99. The maximum atomic E-state index is 12.1. The van der Waals surface area contributed by atoms with Gasteiger partial charge in [0.25, 0.3) is 5.91 Å². The number of nitrogens with zero attached hydrogens (tertiary/aromatic N) is 3. The molecule has 22 heavy (non-hydrogen) atoms. The highest BCUT2D eigenvalue weighted by atomic mass is 16.2. The van der Waals surface area contributed by atoms with E-state index in [1.165, 1.54) is 11.1 Å². The first-order chi connectivity index (χ1) is 10.6. The average Bonchev–Trinajstić information content (AvgIpc) is 2.56. The van der Waals surface area contributed by atoms with Crippen molar-refractivity contribution in [3.05, 3.63) is 53.2 Å². The van der Waals surface area contributed by atoms with Gasteiger partial charge in [-0.25, -0.2) is 0 Å². The zero-order valence-electron chi connectivity index (χ0n) is 13.3. The van der Waals surface area contributed by atoms with Crippen molar-refractivity contribution in [1.29, 1.82) is 0 Å². The van der Waals surface area contributed by atoms with E-state index in [0.717, 1.165) is 0 Å². The Labute approximate surface area is 131 Å². The van der Waals surface area contributed by atoms with Crippen LogP contribution in [0.25, 0.3) is 0 Å². The number of carbonyl (C=O) groups excluding carboxylic acids is 1. The van der Waals surface area contributed by atoms with Crippen LogP contribution >= 0.6 is 0 Å². The monoisotopic (exact) mass is 298 g/mol. The predicted molar refractivity (Wildman–Crippen MR) is 87.8 cm³/mol. The third kappa shape index (κ3) is 4.04. The molecule has 0 saturated carbocycles. The lowest BCUT2D eigenvalue weighted by Gasteiger charge is -2.17. The molecule has 2 aromatic rings. The Hall–Kier alpha value is -2.43. The SMILES string of the molecule is CCN(CC)C(=O)c1ccc(NCc2ccc(C)cc2)nn1. The fourth-order valence-corrected chi connectivity index (χ4v) is 2.11. The second-order valence-electron chi connectivity index (χ2n) is 5.12. The molecule has 0 aliphatic rings. The van der Waals surface area contributed by atoms with E-state index in [1.807, 2.05) is 13.8 Å². The van der Waals surface area contributed by atoms with E-state index in [2.05, 4.69) is 46.7 Å². The summed E-state index contributed by atoms with van der Waals surface area (Å²) >= 11 is 0. The fourth-order valence-electron chi connectivity index (χ4n) is 2.11. The van der Waals surface area contributed by atoms with Gasteiger partial charge >= 0.3 is 0 Å². The van der Waals surface area contributed by atoms with Crippen LogP contribution in [-0.4, -0.2) is 34.1 Å². The van der Waals surface area contributed by atoms with Crippen molar-refractivity contribution >= 4 is 11.7 Å². The zero-order chi connectivity index (χ0) is 15.9. The summed E-state index contributed by atoms with van der Waals surface area (Å²) in [6.07, 6.45) is 0. The molecule has 0 aliphatic heterocycles. The van der Waals surface area contributed by atoms with Gasteiger partial charge in [0.15, 0.2) is 5.69 Å². The van der Waals surface area contributed by atoms with E-state index in [9.17, 15) is 4.79 Å². The molecule has 0 unspecified atom stereocenters. The van der Waals surface area contributed by atoms with Crippen molar-refractivity contribution in [2.75, 3.05) is 18.4 Å². The standard InChI is InChI=1S/C17H22N4O/c1-4-21(5-2)17(22)15-10-11-16(20-19-15)18-12-14-8-6-13(3)7-9-14/h6-11H,4-5,12H2,1-3H3,(H,18,20). The average molecular weight is 298 g/mol. The number of nitrogens with one attached hydrogen (secondary N) is 1. The topological polar surface area (TPSA) is 58.1 Å². The Morgan fingerprint density at radius 1 is 1.05 bits per heavy atom. The molecule has 0 atom stereocenters. The van der Waals surface area contributed by atoms with Crippen molar-refractivity contribution in [1.82, 2.24) is 15.1 Å². The lowest BCUT2D eigenvalue weighted by Crippen LogP contribution is -2.31. The third-order valence-corrected chi connectivity index (χ3v) is 3.53. The summed E-state index contributed by atoms with van der Waals surface area (Å²) in [5.41, 5.74) is 2.79. The molecule has 0 saturated heterocycles. The number of amides is 1. The Bertz CT molecular complexity index is 604. The lowest BCUT2D eigenvalue weighted by atomic mass is 10.1. The molecule has 5 heteroatoms. The van der Waals surface area contributed by atoms with Crippen LogP contribution in [0.2, 0.25) is 0 Å². The smallest absolute Gasteiger partial charge is 0.274 e. The Morgan fingerprint density at radius 2 is 1.73 bits per heavy atom. The van der Waals surface area contributed by atoms with Gasteiger partial charge in [0.2, 0.25) is 0 Å². The fraction of sp³-hybridized carbons (Fsp3) is 0.353. The highest BCUT2D eigenvalue weighted by molar-refractivity contribution is 5.92. The quantitative estimate of drug-likeness (QED) is 0.891. The minimum atomic E-state index is -0.0809. The molecule has 0 fully saturated rings. The second-order valence-corrected chi connectivity index (χ2v) is 5.12. The summed E-state index contributed by atoms with van der Waals surface area (Å²) in [5.74, 6) is 0.583. The Morgan fingerprint density at radius 3 is 2.27 bits per heavy atom. The van der Waals surface area contributed by atoms with Gasteiger partial charge in [-0.2, -0.15) is 0 Å². The van der Waals surface area contributed by atoms with Gasteiger partial charge in [-0.05, 0) is 38.5 Å². The molecule has 116 valence electrons.